The summed E-state index contributed by atoms with van der Waals surface area (Å²) in [6, 6.07) is 3.16. The van der Waals surface area contributed by atoms with Crippen molar-refractivity contribution in [1.29, 1.82) is 0 Å². The first-order valence-corrected chi connectivity index (χ1v) is 5.66. The molecule has 0 saturated heterocycles. The quantitative estimate of drug-likeness (QED) is 0.730. The van der Waals surface area contributed by atoms with E-state index in [-0.39, 0.29) is 11.7 Å². The topological polar surface area (TPSA) is 88.2 Å². The molecule has 0 aliphatic rings. The third kappa shape index (κ3) is 3.94. The Bertz CT molecular complexity index is 405. The summed E-state index contributed by atoms with van der Waals surface area (Å²) >= 11 is 0. The summed E-state index contributed by atoms with van der Waals surface area (Å²) in [5.41, 5.74) is 6.21. The smallest absolute Gasteiger partial charge is 0.354 e. The number of anilines is 2. The van der Waals surface area contributed by atoms with E-state index in [0.717, 1.165) is 6.42 Å². The minimum absolute atomic E-state index is 0.00144. The lowest BCUT2D eigenvalue weighted by Crippen LogP contribution is -2.20. The number of nitrogens with zero attached hydrogens (tertiary/aromatic N) is 1. The van der Waals surface area contributed by atoms with Gasteiger partial charge in [0.15, 0.2) is 5.69 Å². The maximum atomic E-state index is 10.8. The van der Waals surface area contributed by atoms with E-state index in [1.54, 1.807) is 6.07 Å². The van der Waals surface area contributed by atoms with E-state index >= 15 is 0 Å². The summed E-state index contributed by atoms with van der Waals surface area (Å²) in [6.45, 7) is 6.28. The molecular weight excluding hydrogens is 218 g/mol. The number of hydrogen-bond donors (Lipinski definition) is 3. The number of pyridine rings is 1. The summed E-state index contributed by atoms with van der Waals surface area (Å²) in [5, 5.41) is 12.0. The van der Waals surface area contributed by atoms with Gasteiger partial charge in [0, 0.05) is 6.04 Å². The van der Waals surface area contributed by atoms with Crippen LogP contribution in [0.2, 0.25) is 0 Å². The van der Waals surface area contributed by atoms with Crippen molar-refractivity contribution in [2.75, 3.05) is 11.1 Å². The molecule has 0 spiro atoms. The van der Waals surface area contributed by atoms with E-state index in [0.29, 0.717) is 17.4 Å². The molecule has 17 heavy (non-hydrogen) atoms. The molecule has 0 amide bonds. The molecule has 5 heteroatoms. The predicted octanol–water partition coefficient (Wildman–Crippen LogP) is 2.21. The normalized spacial score (nSPS) is 12.5. The van der Waals surface area contributed by atoms with Gasteiger partial charge in [-0.15, -0.1) is 0 Å². The van der Waals surface area contributed by atoms with Crippen molar-refractivity contribution in [3.63, 3.8) is 0 Å². The van der Waals surface area contributed by atoms with E-state index in [1.807, 2.05) is 6.92 Å². The van der Waals surface area contributed by atoms with Crippen LogP contribution in [0.25, 0.3) is 0 Å². The van der Waals surface area contributed by atoms with Crippen LogP contribution in [0.15, 0.2) is 12.1 Å². The van der Waals surface area contributed by atoms with Crippen molar-refractivity contribution in [1.82, 2.24) is 4.98 Å². The molecule has 94 valence electrons. The minimum atomic E-state index is -1.05. The van der Waals surface area contributed by atoms with Crippen LogP contribution in [0.4, 0.5) is 11.5 Å². The van der Waals surface area contributed by atoms with Gasteiger partial charge in [0.1, 0.15) is 5.82 Å². The SMILES string of the molecule is CC(C)CC(C)Nc1nc(C(=O)O)ccc1N. The molecule has 1 unspecified atom stereocenters. The van der Waals surface area contributed by atoms with Crippen LogP contribution in [0.3, 0.4) is 0 Å². The molecule has 4 N–H and O–H groups in total. The summed E-state index contributed by atoms with van der Waals surface area (Å²) in [4.78, 5) is 14.8. The first-order valence-electron chi connectivity index (χ1n) is 5.66. The Kier molecular flexibility index (Phi) is 4.31. The number of nitrogen functional groups attached to an aromatic ring is 1. The van der Waals surface area contributed by atoms with Crippen LogP contribution in [0.1, 0.15) is 37.7 Å². The van der Waals surface area contributed by atoms with Gasteiger partial charge < -0.3 is 16.2 Å². The number of hydrogen-bond acceptors (Lipinski definition) is 4. The van der Waals surface area contributed by atoms with Crippen LogP contribution >= 0.6 is 0 Å². The maximum Gasteiger partial charge on any atom is 0.354 e. The molecule has 1 heterocycles. The van der Waals surface area contributed by atoms with Gasteiger partial charge in [-0.05, 0) is 31.4 Å². The molecule has 0 aromatic carbocycles. The molecular formula is C12H19N3O2. The molecule has 1 rings (SSSR count). The van der Waals surface area contributed by atoms with Crippen molar-refractivity contribution in [2.24, 2.45) is 5.92 Å². The van der Waals surface area contributed by atoms with Crippen LogP contribution in [0.5, 0.6) is 0 Å². The van der Waals surface area contributed by atoms with Crippen LogP contribution < -0.4 is 11.1 Å². The van der Waals surface area contributed by atoms with Gasteiger partial charge >= 0.3 is 5.97 Å². The number of carbonyl (C=O) groups is 1. The Balaban J connectivity index is 2.82. The highest BCUT2D eigenvalue weighted by Crippen LogP contribution is 2.18. The van der Waals surface area contributed by atoms with Crippen LogP contribution in [-0.2, 0) is 0 Å². The van der Waals surface area contributed by atoms with Crippen LogP contribution in [0, 0.1) is 5.92 Å². The second-order valence-corrected chi connectivity index (χ2v) is 4.61. The fraction of sp³-hybridized carbons (Fsp3) is 0.500. The number of nitrogens with one attached hydrogen (secondary N) is 1. The van der Waals surface area contributed by atoms with Gasteiger partial charge in [0.25, 0.3) is 0 Å². The molecule has 0 radical (unpaired) electrons. The van der Waals surface area contributed by atoms with Gasteiger partial charge in [0.2, 0.25) is 0 Å². The first-order chi connectivity index (χ1) is 7.90. The Morgan fingerprint density at radius 2 is 2.12 bits per heavy atom. The maximum absolute atomic E-state index is 10.8. The molecule has 1 aromatic rings. The third-order valence-corrected chi connectivity index (χ3v) is 2.35. The fourth-order valence-corrected chi connectivity index (χ4v) is 1.70. The summed E-state index contributed by atoms with van der Waals surface area (Å²) in [6.07, 6.45) is 0.971. The number of rotatable bonds is 5. The third-order valence-electron chi connectivity index (χ3n) is 2.35. The number of nitrogens with two attached hydrogens (primary N) is 1. The number of carboxylic acid groups (broad SMARTS) is 1. The lowest BCUT2D eigenvalue weighted by Gasteiger charge is -2.17. The highest BCUT2D eigenvalue weighted by molar-refractivity contribution is 5.86. The zero-order chi connectivity index (χ0) is 13.0. The zero-order valence-electron chi connectivity index (χ0n) is 10.4. The van der Waals surface area contributed by atoms with Gasteiger partial charge in [-0.1, -0.05) is 13.8 Å². The zero-order valence-corrected chi connectivity index (χ0v) is 10.4. The second kappa shape index (κ2) is 5.52. The highest BCUT2D eigenvalue weighted by Gasteiger charge is 2.11. The first kappa shape index (κ1) is 13.3. The molecule has 5 nitrogen and oxygen atoms in total. The lowest BCUT2D eigenvalue weighted by atomic mass is 10.1. The van der Waals surface area contributed by atoms with Gasteiger partial charge in [-0.2, -0.15) is 0 Å². The Morgan fingerprint density at radius 1 is 1.47 bits per heavy atom. The summed E-state index contributed by atoms with van der Waals surface area (Å²) < 4.78 is 0. The van der Waals surface area contributed by atoms with Crippen molar-refractivity contribution in [3.05, 3.63) is 17.8 Å². The molecule has 0 bridgehead atoms. The van der Waals surface area contributed by atoms with E-state index in [2.05, 4.69) is 24.1 Å². The Hall–Kier alpha value is -1.78. The van der Waals surface area contributed by atoms with Gasteiger partial charge in [-0.3, -0.25) is 0 Å². The molecule has 1 aromatic heterocycles. The summed E-state index contributed by atoms with van der Waals surface area (Å²) in [7, 11) is 0. The number of carboxylic acids is 1. The van der Waals surface area contributed by atoms with E-state index in [9.17, 15) is 4.79 Å². The monoisotopic (exact) mass is 237 g/mol. The predicted molar refractivity (Wildman–Crippen MR) is 68.1 cm³/mol. The molecule has 0 saturated carbocycles. The van der Waals surface area contributed by atoms with Crippen molar-refractivity contribution >= 4 is 17.5 Å². The van der Waals surface area contributed by atoms with Crippen molar-refractivity contribution in [2.45, 2.75) is 33.2 Å². The van der Waals surface area contributed by atoms with Crippen molar-refractivity contribution < 1.29 is 9.90 Å². The summed E-state index contributed by atoms with van der Waals surface area (Å²) in [5.74, 6) is -0.0519. The standard InChI is InChI=1S/C12H19N3O2/c1-7(2)6-8(3)14-11-9(13)4-5-10(15-11)12(16)17/h4-5,7-8H,6,13H2,1-3H3,(H,14,15)(H,16,17). The average Bonchev–Trinajstić information content (AvgIpc) is 2.19. The number of aromatic nitrogens is 1. The Morgan fingerprint density at radius 3 is 2.65 bits per heavy atom. The minimum Gasteiger partial charge on any atom is -0.477 e. The number of aromatic carboxylic acids is 1. The van der Waals surface area contributed by atoms with Crippen LogP contribution in [-0.4, -0.2) is 22.1 Å². The Labute approximate surface area is 101 Å². The van der Waals surface area contributed by atoms with E-state index < -0.39 is 5.97 Å². The lowest BCUT2D eigenvalue weighted by molar-refractivity contribution is 0.0690. The van der Waals surface area contributed by atoms with Gasteiger partial charge in [0.05, 0.1) is 5.69 Å². The molecule has 0 fully saturated rings. The highest BCUT2D eigenvalue weighted by atomic mass is 16.4. The average molecular weight is 237 g/mol. The largest absolute Gasteiger partial charge is 0.477 e. The molecule has 0 aliphatic carbocycles. The molecule has 0 aliphatic heterocycles. The molecule has 1 atom stereocenters. The fourth-order valence-electron chi connectivity index (χ4n) is 1.70. The van der Waals surface area contributed by atoms with E-state index in [1.165, 1.54) is 6.07 Å². The van der Waals surface area contributed by atoms with Gasteiger partial charge in [-0.25, -0.2) is 9.78 Å². The van der Waals surface area contributed by atoms with E-state index in [4.69, 9.17) is 10.8 Å². The van der Waals surface area contributed by atoms with Crippen molar-refractivity contribution in [3.8, 4) is 0 Å². The second-order valence-electron chi connectivity index (χ2n) is 4.61.